The van der Waals surface area contributed by atoms with Crippen LogP contribution in [0.2, 0.25) is 5.02 Å². The second-order valence-electron chi connectivity index (χ2n) is 6.68. The fraction of sp³-hybridized carbons (Fsp3) is 0.579. The molecule has 0 spiro atoms. The number of hydrogen-bond acceptors (Lipinski definition) is 3. The summed E-state index contributed by atoms with van der Waals surface area (Å²) in [6.45, 7) is 7.06. The molecule has 1 unspecified atom stereocenters. The Hall–Kier alpha value is -1.06. The first kappa shape index (κ1) is 24.0. The minimum absolute atomic E-state index is 0. The maximum Gasteiger partial charge on any atom is 0.224 e. The quantitative estimate of drug-likeness (QED) is 0.216. The topological polar surface area (TPSA) is 74.8 Å². The summed E-state index contributed by atoms with van der Waals surface area (Å²) in [5.41, 5.74) is 0.605. The van der Waals surface area contributed by atoms with Crippen LogP contribution in [-0.2, 0) is 9.53 Å². The number of amides is 1. The fourth-order valence-electron chi connectivity index (χ4n) is 2.76. The molecule has 0 aromatic heterocycles. The molecule has 1 amide bonds. The summed E-state index contributed by atoms with van der Waals surface area (Å²) in [4.78, 5) is 16.6. The molecule has 0 radical (unpaired) electrons. The van der Waals surface area contributed by atoms with Crippen molar-refractivity contribution in [3.63, 3.8) is 0 Å². The Labute approximate surface area is 183 Å². The maximum absolute atomic E-state index is 12.0. The summed E-state index contributed by atoms with van der Waals surface area (Å²) in [6.07, 6.45) is 3.30. The van der Waals surface area contributed by atoms with Crippen molar-refractivity contribution in [2.45, 2.75) is 45.1 Å². The van der Waals surface area contributed by atoms with Gasteiger partial charge in [-0.1, -0.05) is 11.6 Å². The molecule has 1 aromatic carbocycles. The van der Waals surface area contributed by atoms with Gasteiger partial charge in [0.25, 0.3) is 0 Å². The molecule has 1 atom stereocenters. The van der Waals surface area contributed by atoms with Gasteiger partial charge in [-0.05, 0) is 57.4 Å². The van der Waals surface area contributed by atoms with Crippen molar-refractivity contribution in [2.24, 2.45) is 4.99 Å². The van der Waals surface area contributed by atoms with E-state index < -0.39 is 0 Å². The van der Waals surface area contributed by atoms with Crippen LogP contribution in [-0.4, -0.2) is 43.7 Å². The van der Waals surface area contributed by atoms with Crippen LogP contribution in [0.3, 0.4) is 0 Å². The molecule has 1 aliphatic rings. The van der Waals surface area contributed by atoms with Crippen LogP contribution < -0.4 is 16.0 Å². The third-order valence-electron chi connectivity index (χ3n) is 4.22. The van der Waals surface area contributed by atoms with Crippen LogP contribution in [0.15, 0.2) is 29.3 Å². The summed E-state index contributed by atoms with van der Waals surface area (Å²) < 4.78 is 5.77. The largest absolute Gasteiger partial charge is 0.373 e. The Bertz CT molecular complexity index is 604. The second kappa shape index (κ2) is 12.4. The van der Waals surface area contributed by atoms with Crippen molar-refractivity contribution < 1.29 is 9.53 Å². The van der Waals surface area contributed by atoms with Gasteiger partial charge in [0.05, 0.1) is 12.1 Å². The van der Waals surface area contributed by atoms with Gasteiger partial charge in [-0.2, -0.15) is 0 Å². The van der Waals surface area contributed by atoms with Crippen molar-refractivity contribution in [3.05, 3.63) is 29.3 Å². The number of nitrogens with one attached hydrogen (secondary N) is 3. The molecule has 2 rings (SSSR count). The average molecular weight is 509 g/mol. The fourth-order valence-corrected chi connectivity index (χ4v) is 2.89. The highest BCUT2D eigenvalue weighted by Gasteiger charge is 2.29. The monoisotopic (exact) mass is 508 g/mol. The van der Waals surface area contributed by atoms with Crippen LogP contribution >= 0.6 is 35.6 Å². The Kier molecular flexibility index (Phi) is 11.0. The van der Waals surface area contributed by atoms with Crippen LogP contribution in [0.4, 0.5) is 5.69 Å². The molecule has 27 heavy (non-hydrogen) atoms. The number of hydrogen-bond donors (Lipinski definition) is 3. The molecule has 0 aliphatic carbocycles. The van der Waals surface area contributed by atoms with E-state index in [0.717, 1.165) is 44.1 Å². The van der Waals surface area contributed by atoms with Crippen LogP contribution in [0.25, 0.3) is 0 Å². The number of halogens is 2. The van der Waals surface area contributed by atoms with Crippen LogP contribution in [0.5, 0.6) is 0 Å². The highest BCUT2D eigenvalue weighted by atomic mass is 127. The van der Waals surface area contributed by atoms with Gasteiger partial charge in [0.1, 0.15) is 0 Å². The van der Waals surface area contributed by atoms with Gasteiger partial charge in [-0.3, -0.25) is 9.79 Å². The van der Waals surface area contributed by atoms with Crippen LogP contribution in [0, 0.1) is 0 Å². The third-order valence-corrected chi connectivity index (χ3v) is 4.47. The molecule has 0 bridgehead atoms. The minimum Gasteiger partial charge on any atom is -0.373 e. The molecular weight excluding hydrogens is 479 g/mol. The smallest absolute Gasteiger partial charge is 0.224 e. The molecule has 152 valence electrons. The molecular formula is C19H30ClIN4O2. The second-order valence-corrected chi connectivity index (χ2v) is 7.12. The van der Waals surface area contributed by atoms with E-state index in [1.807, 2.05) is 6.92 Å². The van der Waals surface area contributed by atoms with E-state index in [9.17, 15) is 4.79 Å². The van der Waals surface area contributed by atoms with Gasteiger partial charge >= 0.3 is 0 Å². The van der Waals surface area contributed by atoms with E-state index in [0.29, 0.717) is 24.5 Å². The molecule has 8 heteroatoms. The first-order valence-electron chi connectivity index (χ1n) is 9.22. The van der Waals surface area contributed by atoms with Gasteiger partial charge < -0.3 is 20.7 Å². The number of guanidine groups is 1. The van der Waals surface area contributed by atoms with E-state index in [1.165, 1.54) is 0 Å². The Morgan fingerprint density at radius 1 is 1.30 bits per heavy atom. The number of rotatable bonds is 8. The predicted molar refractivity (Wildman–Crippen MR) is 122 cm³/mol. The number of benzene rings is 1. The van der Waals surface area contributed by atoms with Crippen LogP contribution in [0.1, 0.15) is 39.5 Å². The lowest BCUT2D eigenvalue weighted by Crippen LogP contribution is -2.39. The first-order chi connectivity index (χ1) is 12.5. The zero-order chi connectivity index (χ0) is 18.8. The zero-order valence-corrected chi connectivity index (χ0v) is 19.1. The lowest BCUT2D eigenvalue weighted by atomic mass is 10.0. The van der Waals surface area contributed by atoms with Gasteiger partial charge in [0.15, 0.2) is 5.96 Å². The van der Waals surface area contributed by atoms with E-state index in [-0.39, 0.29) is 35.5 Å². The maximum atomic E-state index is 12.0. The number of ether oxygens (including phenoxy) is 1. The Morgan fingerprint density at radius 3 is 2.67 bits per heavy atom. The lowest BCUT2D eigenvalue weighted by molar-refractivity contribution is -0.116. The number of aliphatic imine (C=N–C) groups is 1. The lowest BCUT2D eigenvalue weighted by Gasteiger charge is -2.21. The van der Waals surface area contributed by atoms with E-state index >= 15 is 0 Å². The summed E-state index contributed by atoms with van der Waals surface area (Å²) in [6, 6.07) is 7.10. The highest BCUT2D eigenvalue weighted by Crippen LogP contribution is 2.24. The van der Waals surface area contributed by atoms with E-state index in [4.69, 9.17) is 16.3 Å². The van der Waals surface area contributed by atoms with E-state index in [2.05, 4.69) is 27.9 Å². The normalized spacial score (nSPS) is 19.3. The Balaban J connectivity index is 0.00000364. The Morgan fingerprint density at radius 2 is 2.04 bits per heavy atom. The summed E-state index contributed by atoms with van der Waals surface area (Å²) in [5.74, 6) is 0.755. The third kappa shape index (κ3) is 9.12. The first-order valence-corrected chi connectivity index (χ1v) is 9.60. The molecule has 6 nitrogen and oxygen atoms in total. The zero-order valence-electron chi connectivity index (χ0n) is 16.0. The molecule has 1 aromatic rings. The number of carbonyl (C=O) groups excluding carboxylic acids is 1. The molecule has 1 heterocycles. The molecule has 1 fully saturated rings. The van der Waals surface area contributed by atoms with Crippen molar-refractivity contribution in [1.82, 2.24) is 10.6 Å². The van der Waals surface area contributed by atoms with Gasteiger partial charge in [-0.15, -0.1) is 24.0 Å². The number of nitrogens with zero attached hydrogens (tertiary/aromatic N) is 1. The molecule has 0 saturated carbocycles. The van der Waals surface area contributed by atoms with Gasteiger partial charge in [-0.25, -0.2) is 0 Å². The molecule has 1 saturated heterocycles. The SMILES string of the molecule is CCNC(=NCC1(C)CCCO1)NCCCC(=O)Nc1ccc(Cl)cc1.I. The van der Waals surface area contributed by atoms with Crippen molar-refractivity contribution >= 4 is 53.1 Å². The number of carbonyl (C=O) groups is 1. The van der Waals surface area contributed by atoms with Crippen molar-refractivity contribution in [3.8, 4) is 0 Å². The summed E-state index contributed by atoms with van der Waals surface area (Å²) in [7, 11) is 0. The minimum atomic E-state index is -0.152. The van der Waals surface area contributed by atoms with E-state index in [1.54, 1.807) is 24.3 Å². The molecule has 1 aliphatic heterocycles. The van der Waals surface area contributed by atoms with Crippen molar-refractivity contribution in [1.29, 1.82) is 0 Å². The average Bonchev–Trinajstić information content (AvgIpc) is 3.05. The standard InChI is InChI=1S/C19H29ClN4O2.HI/c1-3-21-18(23-14-19(2)11-5-13-26-19)22-12-4-6-17(25)24-16-9-7-15(20)8-10-16;/h7-10H,3-6,11-14H2,1-2H3,(H,24,25)(H2,21,22,23);1H. The summed E-state index contributed by atoms with van der Waals surface area (Å²) in [5, 5.41) is 10.0. The number of anilines is 1. The summed E-state index contributed by atoms with van der Waals surface area (Å²) >= 11 is 5.84. The van der Waals surface area contributed by atoms with Gasteiger partial charge in [0, 0.05) is 36.8 Å². The van der Waals surface area contributed by atoms with Gasteiger partial charge in [0.2, 0.25) is 5.91 Å². The predicted octanol–water partition coefficient (Wildman–Crippen LogP) is 3.80. The highest BCUT2D eigenvalue weighted by molar-refractivity contribution is 14.0. The molecule has 3 N–H and O–H groups in total. The van der Waals surface area contributed by atoms with Crippen molar-refractivity contribution in [2.75, 3.05) is 31.6 Å².